The Labute approximate surface area is 97.0 Å². The van der Waals surface area contributed by atoms with Crippen LogP contribution in [0.5, 0.6) is 5.75 Å². The molecule has 3 N–H and O–H groups in total. The average molecular weight is 230 g/mol. The summed E-state index contributed by atoms with van der Waals surface area (Å²) in [6.07, 6.45) is 2.96. The van der Waals surface area contributed by atoms with Crippen LogP contribution in [0.1, 0.15) is 16.1 Å². The second-order valence-corrected chi connectivity index (χ2v) is 3.26. The monoisotopic (exact) mass is 230 g/mol. The van der Waals surface area contributed by atoms with E-state index in [2.05, 4.69) is 20.7 Å². The molecule has 0 unspecified atom stereocenters. The Balaban J connectivity index is 1.94. The molecule has 86 valence electrons. The van der Waals surface area contributed by atoms with Gasteiger partial charge >= 0.3 is 0 Å². The molecule has 0 saturated carbocycles. The number of carbonyl (C=O) groups is 1. The number of H-pyrrole nitrogens is 1. The Bertz CT molecular complexity index is 517. The molecule has 0 radical (unpaired) electrons. The highest BCUT2D eigenvalue weighted by atomic mass is 16.3. The molecular formula is C11H10N4O2. The first-order valence-corrected chi connectivity index (χ1v) is 4.87. The van der Waals surface area contributed by atoms with Crippen molar-refractivity contribution in [1.29, 1.82) is 0 Å². The fourth-order valence-electron chi connectivity index (χ4n) is 1.17. The summed E-state index contributed by atoms with van der Waals surface area (Å²) in [5.74, 6) is -0.179. The number of hydrogen-bond acceptors (Lipinski definition) is 4. The van der Waals surface area contributed by atoms with E-state index in [0.29, 0.717) is 5.69 Å². The molecule has 17 heavy (non-hydrogen) atoms. The van der Waals surface area contributed by atoms with Crippen LogP contribution in [0.25, 0.3) is 0 Å². The molecule has 1 amide bonds. The van der Waals surface area contributed by atoms with Gasteiger partial charge in [-0.15, -0.1) is 0 Å². The zero-order valence-corrected chi connectivity index (χ0v) is 8.79. The van der Waals surface area contributed by atoms with E-state index >= 15 is 0 Å². The standard InChI is InChI=1S/C11H10N4O2/c16-9-3-1-8(2-4-9)7-13-15-11(17)10-5-6-12-14-10/h1-7,16H,(H,12,14)(H,15,17). The van der Waals surface area contributed by atoms with Crippen molar-refractivity contribution >= 4 is 12.1 Å². The van der Waals surface area contributed by atoms with Gasteiger partial charge in [-0.3, -0.25) is 9.89 Å². The summed E-state index contributed by atoms with van der Waals surface area (Å²) in [6.45, 7) is 0. The Hall–Kier alpha value is -2.63. The Kier molecular flexibility index (Phi) is 3.15. The lowest BCUT2D eigenvalue weighted by Gasteiger charge is -1.96. The number of phenols is 1. The third kappa shape index (κ3) is 2.91. The van der Waals surface area contributed by atoms with Crippen molar-refractivity contribution in [2.24, 2.45) is 5.10 Å². The Morgan fingerprint density at radius 1 is 1.35 bits per heavy atom. The lowest BCUT2D eigenvalue weighted by molar-refractivity contribution is 0.0950. The average Bonchev–Trinajstić information content (AvgIpc) is 2.85. The minimum atomic E-state index is -0.363. The van der Waals surface area contributed by atoms with Crippen molar-refractivity contribution in [3.05, 3.63) is 47.8 Å². The van der Waals surface area contributed by atoms with Gasteiger partial charge in [0.15, 0.2) is 0 Å². The van der Waals surface area contributed by atoms with Crippen molar-refractivity contribution in [3.63, 3.8) is 0 Å². The number of hydrazone groups is 1. The number of benzene rings is 1. The Morgan fingerprint density at radius 2 is 2.12 bits per heavy atom. The molecule has 0 spiro atoms. The van der Waals surface area contributed by atoms with Gasteiger partial charge in [-0.25, -0.2) is 5.43 Å². The predicted molar refractivity (Wildman–Crippen MR) is 61.8 cm³/mol. The number of hydrogen-bond donors (Lipinski definition) is 3. The van der Waals surface area contributed by atoms with Crippen molar-refractivity contribution < 1.29 is 9.90 Å². The van der Waals surface area contributed by atoms with Crippen molar-refractivity contribution in [2.75, 3.05) is 0 Å². The molecular weight excluding hydrogens is 220 g/mol. The van der Waals surface area contributed by atoms with Crippen LogP contribution >= 0.6 is 0 Å². The molecule has 0 aliphatic rings. The van der Waals surface area contributed by atoms with Crippen LogP contribution in [0.2, 0.25) is 0 Å². The molecule has 1 aromatic heterocycles. The molecule has 2 rings (SSSR count). The van der Waals surface area contributed by atoms with E-state index in [1.54, 1.807) is 18.2 Å². The molecule has 6 heteroatoms. The minimum absolute atomic E-state index is 0.184. The number of aromatic amines is 1. The number of rotatable bonds is 3. The van der Waals surface area contributed by atoms with E-state index in [1.807, 2.05) is 0 Å². The zero-order chi connectivity index (χ0) is 12.1. The number of carbonyl (C=O) groups excluding carboxylic acids is 1. The van der Waals surface area contributed by atoms with Gasteiger partial charge in [0.1, 0.15) is 11.4 Å². The second-order valence-electron chi connectivity index (χ2n) is 3.26. The number of aromatic hydroxyl groups is 1. The summed E-state index contributed by atoms with van der Waals surface area (Å²) < 4.78 is 0. The van der Waals surface area contributed by atoms with Gasteiger partial charge in [0, 0.05) is 6.20 Å². The van der Waals surface area contributed by atoms with Crippen molar-refractivity contribution in [1.82, 2.24) is 15.6 Å². The van der Waals surface area contributed by atoms with Crippen molar-refractivity contribution in [3.8, 4) is 5.75 Å². The summed E-state index contributed by atoms with van der Waals surface area (Å²) in [5.41, 5.74) is 3.46. The largest absolute Gasteiger partial charge is 0.508 e. The molecule has 2 aromatic rings. The van der Waals surface area contributed by atoms with Gasteiger partial charge in [-0.2, -0.15) is 10.2 Å². The normalized spacial score (nSPS) is 10.6. The lowest BCUT2D eigenvalue weighted by Crippen LogP contribution is -2.17. The maximum absolute atomic E-state index is 11.4. The van der Waals surface area contributed by atoms with Gasteiger partial charge < -0.3 is 5.11 Å². The predicted octanol–water partition coefficient (Wildman–Crippen LogP) is 0.879. The summed E-state index contributed by atoms with van der Waals surface area (Å²) in [6, 6.07) is 7.99. The molecule has 0 saturated heterocycles. The summed E-state index contributed by atoms with van der Waals surface area (Å²) in [4.78, 5) is 11.4. The SMILES string of the molecule is O=C(NN=Cc1ccc(O)cc1)c1ccn[nH]1. The number of amides is 1. The number of aromatic nitrogens is 2. The highest BCUT2D eigenvalue weighted by Crippen LogP contribution is 2.07. The molecule has 1 aromatic carbocycles. The van der Waals surface area contributed by atoms with Gasteiger partial charge in [0.05, 0.1) is 6.21 Å². The molecule has 0 fully saturated rings. The molecule has 0 bridgehead atoms. The van der Waals surface area contributed by atoms with Crippen LogP contribution in [0.3, 0.4) is 0 Å². The Morgan fingerprint density at radius 3 is 2.76 bits per heavy atom. The summed E-state index contributed by atoms with van der Waals surface area (Å²) in [7, 11) is 0. The van der Waals surface area contributed by atoms with Crippen LogP contribution in [0.15, 0.2) is 41.6 Å². The van der Waals surface area contributed by atoms with E-state index < -0.39 is 0 Å². The zero-order valence-electron chi connectivity index (χ0n) is 8.79. The van der Waals surface area contributed by atoms with E-state index in [9.17, 15) is 4.79 Å². The molecule has 0 aliphatic heterocycles. The van der Waals surface area contributed by atoms with E-state index in [4.69, 9.17) is 5.11 Å². The first kappa shape index (κ1) is 10.9. The maximum Gasteiger partial charge on any atom is 0.289 e. The van der Waals surface area contributed by atoms with Crippen LogP contribution in [0, 0.1) is 0 Å². The van der Waals surface area contributed by atoms with Gasteiger partial charge in [0.25, 0.3) is 5.91 Å². The molecule has 0 atom stereocenters. The maximum atomic E-state index is 11.4. The minimum Gasteiger partial charge on any atom is -0.508 e. The highest BCUT2D eigenvalue weighted by Gasteiger charge is 2.03. The topological polar surface area (TPSA) is 90.4 Å². The highest BCUT2D eigenvalue weighted by molar-refractivity contribution is 5.92. The third-order valence-electron chi connectivity index (χ3n) is 2.02. The number of nitrogens with one attached hydrogen (secondary N) is 2. The fraction of sp³-hybridized carbons (Fsp3) is 0. The lowest BCUT2D eigenvalue weighted by atomic mass is 10.2. The van der Waals surface area contributed by atoms with E-state index in [0.717, 1.165) is 5.56 Å². The fourth-order valence-corrected chi connectivity index (χ4v) is 1.17. The molecule has 1 heterocycles. The van der Waals surface area contributed by atoms with E-state index in [-0.39, 0.29) is 11.7 Å². The first-order valence-electron chi connectivity index (χ1n) is 4.87. The van der Waals surface area contributed by atoms with Gasteiger partial charge in [-0.05, 0) is 35.9 Å². The smallest absolute Gasteiger partial charge is 0.289 e. The van der Waals surface area contributed by atoms with Crippen LogP contribution in [-0.4, -0.2) is 27.4 Å². The quantitative estimate of drug-likeness (QED) is 0.540. The summed E-state index contributed by atoms with van der Waals surface area (Å²) in [5, 5.41) is 19.0. The van der Waals surface area contributed by atoms with Crippen LogP contribution < -0.4 is 5.43 Å². The molecule has 0 aliphatic carbocycles. The third-order valence-corrected chi connectivity index (χ3v) is 2.02. The molecule has 6 nitrogen and oxygen atoms in total. The first-order chi connectivity index (χ1) is 8.25. The number of nitrogens with zero attached hydrogens (tertiary/aromatic N) is 2. The van der Waals surface area contributed by atoms with Crippen molar-refractivity contribution in [2.45, 2.75) is 0 Å². The van der Waals surface area contributed by atoms with Crippen LogP contribution in [0.4, 0.5) is 0 Å². The van der Waals surface area contributed by atoms with Gasteiger partial charge in [-0.1, -0.05) is 0 Å². The van der Waals surface area contributed by atoms with Gasteiger partial charge in [0.2, 0.25) is 0 Å². The van der Waals surface area contributed by atoms with Crippen LogP contribution in [-0.2, 0) is 0 Å². The second kappa shape index (κ2) is 4.93. The van der Waals surface area contributed by atoms with E-state index in [1.165, 1.54) is 24.5 Å². The summed E-state index contributed by atoms with van der Waals surface area (Å²) >= 11 is 0. The number of phenolic OH excluding ortho intramolecular Hbond substituents is 1.